The van der Waals surface area contributed by atoms with E-state index in [1.807, 2.05) is 58.1 Å². The molecule has 2 aliphatic rings. The highest BCUT2D eigenvalue weighted by Gasteiger charge is 2.32. The first-order chi connectivity index (χ1) is 17.6. The number of anilines is 1. The molecule has 4 aromatic rings. The molecule has 6 rings (SSSR count). The second kappa shape index (κ2) is 9.39. The van der Waals surface area contributed by atoms with Crippen molar-refractivity contribution in [3.63, 3.8) is 0 Å². The summed E-state index contributed by atoms with van der Waals surface area (Å²) in [5.41, 5.74) is 11.7. The molecular formula is C29H32N6O. The maximum absolute atomic E-state index is 14.0. The van der Waals surface area contributed by atoms with Crippen LogP contribution in [0.3, 0.4) is 0 Å². The molecule has 2 unspecified atom stereocenters. The van der Waals surface area contributed by atoms with Crippen LogP contribution < -0.4 is 10.6 Å². The number of benzene rings is 2. The molecular weight excluding hydrogens is 448 g/mol. The van der Waals surface area contributed by atoms with Gasteiger partial charge in [0.1, 0.15) is 5.82 Å². The van der Waals surface area contributed by atoms with Crippen LogP contribution in [0.2, 0.25) is 0 Å². The van der Waals surface area contributed by atoms with Gasteiger partial charge in [0, 0.05) is 49.1 Å². The smallest absolute Gasteiger partial charge is 0.255 e. The number of hydrogen-bond acceptors (Lipinski definition) is 5. The van der Waals surface area contributed by atoms with Gasteiger partial charge in [0.2, 0.25) is 0 Å². The Morgan fingerprint density at radius 1 is 1.00 bits per heavy atom. The van der Waals surface area contributed by atoms with Crippen molar-refractivity contribution in [3.05, 3.63) is 83.7 Å². The first-order valence-corrected chi connectivity index (χ1v) is 12.9. The number of likely N-dealkylation sites (tertiary alicyclic amines) is 1. The molecule has 0 bridgehead atoms. The predicted octanol–water partition coefficient (Wildman–Crippen LogP) is 4.61. The molecule has 2 fully saturated rings. The maximum Gasteiger partial charge on any atom is 0.255 e. The number of carbonyl (C=O) groups excluding carboxylic acids is 1. The molecule has 2 aliphatic heterocycles. The lowest BCUT2D eigenvalue weighted by Crippen LogP contribution is -2.39. The van der Waals surface area contributed by atoms with E-state index in [1.54, 1.807) is 0 Å². The van der Waals surface area contributed by atoms with Crippen molar-refractivity contribution in [3.8, 4) is 11.1 Å². The van der Waals surface area contributed by atoms with Gasteiger partial charge in [-0.2, -0.15) is 5.10 Å². The lowest BCUT2D eigenvalue weighted by Gasteiger charge is -2.35. The fourth-order valence-corrected chi connectivity index (χ4v) is 5.66. The number of fused-ring (bicyclic) bond motifs is 1. The SMILES string of the molecule is Cc1cn2nc(C3CCCCN3C(=O)c3ccccc3-c3ccccc3)cc2nc1N1CCC(N)C1. The normalized spacial score (nSPS) is 20.3. The van der Waals surface area contributed by atoms with E-state index >= 15 is 0 Å². The fraction of sp³-hybridized carbons (Fsp3) is 0.345. The van der Waals surface area contributed by atoms with Gasteiger partial charge in [0.15, 0.2) is 5.65 Å². The largest absolute Gasteiger partial charge is 0.355 e. The summed E-state index contributed by atoms with van der Waals surface area (Å²) in [6.45, 7) is 4.56. The number of aryl methyl sites for hydroxylation is 1. The van der Waals surface area contributed by atoms with Crippen molar-refractivity contribution in [2.24, 2.45) is 5.73 Å². The van der Waals surface area contributed by atoms with Crippen LogP contribution >= 0.6 is 0 Å². The minimum absolute atomic E-state index is 0.0621. The number of nitrogens with zero attached hydrogens (tertiary/aromatic N) is 5. The molecule has 0 spiro atoms. The van der Waals surface area contributed by atoms with Gasteiger partial charge in [-0.3, -0.25) is 4.79 Å². The predicted molar refractivity (Wildman–Crippen MR) is 142 cm³/mol. The van der Waals surface area contributed by atoms with E-state index in [-0.39, 0.29) is 18.0 Å². The minimum atomic E-state index is -0.0688. The minimum Gasteiger partial charge on any atom is -0.355 e. The van der Waals surface area contributed by atoms with Gasteiger partial charge >= 0.3 is 0 Å². The van der Waals surface area contributed by atoms with Gasteiger partial charge in [0.05, 0.1) is 11.7 Å². The van der Waals surface area contributed by atoms with E-state index in [2.05, 4.69) is 30.0 Å². The zero-order chi connectivity index (χ0) is 24.6. The summed E-state index contributed by atoms with van der Waals surface area (Å²) in [6.07, 6.45) is 6.01. The van der Waals surface area contributed by atoms with E-state index in [4.69, 9.17) is 15.8 Å². The third-order valence-electron chi connectivity index (χ3n) is 7.50. The summed E-state index contributed by atoms with van der Waals surface area (Å²) < 4.78 is 1.86. The Morgan fingerprint density at radius 2 is 1.81 bits per heavy atom. The van der Waals surface area contributed by atoms with Gasteiger partial charge in [0.25, 0.3) is 5.91 Å². The molecule has 184 valence electrons. The number of nitrogens with two attached hydrogens (primary N) is 1. The molecule has 2 aromatic heterocycles. The first kappa shape index (κ1) is 22.7. The van der Waals surface area contributed by atoms with Crippen LogP contribution in [-0.2, 0) is 0 Å². The summed E-state index contributed by atoms with van der Waals surface area (Å²) in [6, 6.07) is 20.2. The van der Waals surface area contributed by atoms with Gasteiger partial charge in [-0.05, 0) is 49.8 Å². The van der Waals surface area contributed by atoms with Crippen LogP contribution in [0, 0.1) is 6.92 Å². The van der Waals surface area contributed by atoms with Crippen molar-refractivity contribution >= 4 is 17.4 Å². The number of carbonyl (C=O) groups is 1. The van der Waals surface area contributed by atoms with Gasteiger partial charge in [-0.15, -0.1) is 0 Å². The van der Waals surface area contributed by atoms with E-state index in [0.717, 1.165) is 84.7 Å². The van der Waals surface area contributed by atoms with Gasteiger partial charge in [-0.25, -0.2) is 9.50 Å². The number of amides is 1. The molecule has 1 amide bonds. The Kier molecular flexibility index (Phi) is 5.93. The third-order valence-corrected chi connectivity index (χ3v) is 7.50. The first-order valence-electron chi connectivity index (χ1n) is 12.9. The second-order valence-electron chi connectivity index (χ2n) is 10.0. The van der Waals surface area contributed by atoms with Crippen molar-refractivity contribution < 1.29 is 4.79 Å². The Balaban J connectivity index is 1.34. The fourth-order valence-electron chi connectivity index (χ4n) is 5.66. The Morgan fingerprint density at radius 3 is 2.61 bits per heavy atom. The van der Waals surface area contributed by atoms with E-state index in [1.165, 1.54) is 0 Å². The number of rotatable bonds is 4. The molecule has 2 aromatic carbocycles. The van der Waals surface area contributed by atoms with Crippen LogP contribution in [0.15, 0.2) is 66.9 Å². The number of piperidine rings is 1. The van der Waals surface area contributed by atoms with E-state index in [9.17, 15) is 4.79 Å². The standard InChI is InChI=1S/C29H32N6O/c1-20-18-35-27(31-28(20)33-16-14-22(30)19-33)17-25(32-35)26-13-7-8-15-34(26)29(36)24-12-6-5-11-23(24)21-9-3-2-4-10-21/h2-6,9-12,17-18,22,26H,7-8,13-16,19,30H2,1H3. The van der Waals surface area contributed by atoms with Crippen molar-refractivity contribution in [2.75, 3.05) is 24.5 Å². The molecule has 36 heavy (non-hydrogen) atoms. The lowest BCUT2D eigenvalue weighted by atomic mass is 9.95. The molecule has 7 nitrogen and oxygen atoms in total. The topological polar surface area (TPSA) is 79.8 Å². The van der Waals surface area contributed by atoms with Crippen molar-refractivity contribution in [1.82, 2.24) is 19.5 Å². The molecule has 2 saturated heterocycles. The van der Waals surface area contributed by atoms with E-state index < -0.39 is 0 Å². The quantitative estimate of drug-likeness (QED) is 0.461. The molecule has 4 heterocycles. The molecule has 7 heteroatoms. The molecule has 2 atom stereocenters. The molecule has 0 saturated carbocycles. The maximum atomic E-state index is 14.0. The highest BCUT2D eigenvalue weighted by atomic mass is 16.2. The summed E-state index contributed by atoms with van der Waals surface area (Å²) in [5.74, 6) is 1.04. The zero-order valence-corrected chi connectivity index (χ0v) is 20.7. The van der Waals surface area contributed by atoms with Gasteiger partial charge < -0.3 is 15.5 Å². The lowest BCUT2D eigenvalue weighted by molar-refractivity contribution is 0.0606. The van der Waals surface area contributed by atoms with Gasteiger partial charge in [-0.1, -0.05) is 48.5 Å². The number of hydrogen-bond donors (Lipinski definition) is 1. The van der Waals surface area contributed by atoms with Crippen LogP contribution in [0.1, 0.15) is 53.3 Å². The van der Waals surface area contributed by atoms with E-state index in [0.29, 0.717) is 0 Å². The molecule has 0 radical (unpaired) electrons. The summed E-state index contributed by atoms with van der Waals surface area (Å²) in [5, 5.41) is 4.90. The average molecular weight is 481 g/mol. The summed E-state index contributed by atoms with van der Waals surface area (Å²) >= 11 is 0. The Labute approximate surface area is 211 Å². The van der Waals surface area contributed by atoms with Crippen LogP contribution in [0.5, 0.6) is 0 Å². The highest BCUT2D eigenvalue weighted by molar-refractivity contribution is 6.01. The zero-order valence-electron chi connectivity index (χ0n) is 20.7. The Hall–Kier alpha value is -3.71. The van der Waals surface area contributed by atoms with Crippen LogP contribution in [-0.4, -0.2) is 51.1 Å². The monoisotopic (exact) mass is 480 g/mol. The molecule has 0 aliphatic carbocycles. The summed E-state index contributed by atoms with van der Waals surface area (Å²) in [4.78, 5) is 23.2. The Bertz CT molecular complexity index is 1400. The summed E-state index contributed by atoms with van der Waals surface area (Å²) in [7, 11) is 0. The number of aromatic nitrogens is 3. The molecule has 2 N–H and O–H groups in total. The van der Waals surface area contributed by atoms with Crippen molar-refractivity contribution in [2.45, 2.75) is 44.7 Å². The highest BCUT2D eigenvalue weighted by Crippen LogP contribution is 2.34. The van der Waals surface area contributed by atoms with Crippen LogP contribution in [0.4, 0.5) is 5.82 Å². The second-order valence-corrected chi connectivity index (χ2v) is 10.0. The third kappa shape index (κ3) is 4.13. The van der Waals surface area contributed by atoms with Crippen molar-refractivity contribution in [1.29, 1.82) is 0 Å². The average Bonchev–Trinajstić information content (AvgIpc) is 3.54. The van der Waals surface area contributed by atoms with Crippen LogP contribution in [0.25, 0.3) is 16.8 Å².